The first-order chi connectivity index (χ1) is 8.47. The normalized spacial score (nSPS) is 16.5. The summed E-state index contributed by atoms with van der Waals surface area (Å²) in [6.45, 7) is 3.94. The van der Waals surface area contributed by atoms with E-state index in [1.165, 1.54) is 0 Å². The van der Waals surface area contributed by atoms with Gasteiger partial charge >= 0.3 is 0 Å². The largest absolute Gasteiger partial charge is 0.395 e. The number of nitrogens with zero attached hydrogens (tertiary/aromatic N) is 1. The maximum Gasteiger partial charge on any atom is 0.242 e. The Hall–Kier alpha value is -1.14. The number of aliphatic hydroxyl groups is 1. The van der Waals surface area contributed by atoms with Crippen molar-refractivity contribution in [1.29, 1.82) is 0 Å². The molecule has 2 amide bonds. The highest BCUT2D eigenvalue weighted by molar-refractivity contribution is 5.87. The molecular formula is C12H23N3O3. The zero-order valence-corrected chi connectivity index (χ0v) is 11.1. The minimum absolute atomic E-state index is 0.0390. The summed E-state index contributed by atoms with van der Waals surface area (Å²) >= 11 is 0. The van der Waals surface area contributed by atoms with Crippen molar-refractivity contribution in [3.8, 4) is 0 Å². The third kappa shape index (κ3) is 4.27. The van der Waals surface area contributed by atoms with Gasteiger partial charge in [0.2, 0.25) is 11.8 Å². The van der Waals surface area contributed by atoms with E-state index in [1.54, 1.807) is 4.90 Å². The van der Waals surface area contributed by atoms with Gasteiger partial charge in [-0.05, 0) is 18.8 Å². The lowest BCUT2D eigenvalue weighted by atomic mass is 10.1. The lowest BCUT2D eigenvalue weighted by Crippen LogP contribution is -2.48. The molecule has 4 N–H and O–H groups in total. The molecule has 0 unspecified atom stereocenters. The highest BCUT2D eigenvalue weighted by Crippen LogP contribution is 2.26. The van der Waals surface area contributed by atoms with Gasteiger partial charge < -0.3 is 21.1 Å². The van der Waals surface area contributed by atoms with Crippen LogP contribution >= 0.6 is 0 Å². The summed E-state index contributed by atoms with van der Waals surface area (Å²) < 4.78 is 0. The van der Waals surface area contributed by atoms with Gasteiger partial charge in [-0.15, -0.1) is 0 Å². The Kier molecular flexibility index (Phi) is 5.55. The number of nitrogens with two attached hydrogens (primary N) is 1. The summed E-state index contributed by atoms with van der Waals surface area (Å²) in [5.41, 5.74) is 5.68. The molecule has 1 rings (SSSR count). The summed E-state index contributed by atoms with van der Waals surface area (Å²) in [6, 6.07) is -0.356. The fourth-order valence-electron chi connectivity index (χ4n) is 1.69. The molecule has 0 bridgehead atoms. The predicted octanol–water partition coefficient (Wildman–Crippen LogP) is -0.931. The van der Waals surface area contributed by atoms with Gasteiger partial charge in [-0.2, -0.15) is 0 Å². The van der Waals surface area contributed by atoms with Crippen LogP contribution in [0, 0.1) is 5.92 Å². The smallest absolute Gasteiger partial charge is 0.242 e. The monoisotopic (exact) mass is 257 g/mol. The van der Waals surface area contributed by atoms with Gasteiger partial charge in [0.1, 0.15) is 0 Å². The molecule has 0 aromatic heterocycles. The Morgan fingerprint density at radius 3 is 2.50 bits per heavy atom. The van der Waals surface area contributed by atoms with Crippen molar-refractivity contribution in [1.82, 2.24) is 10.2 Å². The Labute approximate surface area is 108 Å². The molecule has 0 heterocycles. The molecule has 1 aliphatic rings. The standard InChI is InChI=1S/C12H23N3O3/c1-8(2)11(13)12(18)14-7-10(17)15(5-6-16)9-3-4-9/h8-9,11,16H,3-7,13H2,1-2H3,(H,14,18)/t11-/m0/s1. The van der Waals surface area contributed by atoms with Crippen LogP contribution in [0.2, 0.25) is 0 Å². The Bertz CT molecular complexity index is 303. The summed E-state index contributed by atoms with van der Waals surface area (Å²) in [6.07, 6.45) is 1.95. The van der Waals surface area contributed by atoms with Crippen molar-refractivity contribution in [2.45, 2.75) is 38.8 Å². The van der Waals surface area contributed by atoms with Gasteiger partial charge in [0.05, 0.1) is 19.2 Å². The quantitative estimate of drug-likeness (QED) is 0.549. The molecule has 1 aliphatic carbocycles. The second-order valence-electron chi connectivity index (χ2n) is 5.03. The SMILES string of the molecule is CC(C)[C@H](N)C(=O)NCC(=O)N(CCO)C1CC1. The van der Waals surface area contributed by atoms with E-state index < -0.39 is 6.04 Å². The van der Waals surface area contributed by atoms with Crippen LogP contribution in [0.3, 0.4) is 0 Å². The molecule has 0 aliphatic heterocycles. The van der Waals surface area contributed by atoms with Crippen LogP contribution in [0.5, 0.6) is 0 Å². The van der Waals surface area contributed by atoms with E-state index in [4.69, 9.17) is 10.8 Å². The Morgan fingerprint density at radius 1 is 1.44 bits per heavy atom. The Morgan fingerprint density at radius 2 is 2.06 bits per heavy atom. The molecule has 0 radical (unpaired) electrons. The number of hydrogen-bond donors (Lipinski definition) is 3. The number of aliphatic hydroxyl groups excluding tert-OH is 1. The van der Waals surface area contributed by atoms with E-state index in [9.17, 15) is 9.59 Å². The minimum atomic E-state index is -0.593. The fraction of sp³-hybridized carbons (Fsp3) is 0.833. The van der Waals surface area contributed by atoms with E-state index in [1.807, 2.05) is 13.8 Å². The van der Waals surface area contributed by atoms with Crippen LogP contribution < -0.4 is 11.1 Å². The molecule has 6 nitrogen and oxygen atoms in total. The molecular weight excluding hydrogens is 234 g/mol. The lowest BCUT2D eigenvalue weighted by molar-refractivity contribution is -0.134. The molecule has 0 saturated heterocycles. The molecule has 1 saturated carbocycles. The molecule has 6 heteroatoms. The van der Waals surface area contributed by atoms with Crippen molar-refractivity contribution in [2.75, 3.05) is 19.7 Å². The molecule has 18 heavy (non-hydrogen) atoms. The van der Waals surface area contributed by atoms with Crippen molar-refractivity contribution < 1.29 is 14.7 Å². The van der Waals surface area contributed by atoms with Crippen LogP contribution in [0.15, 0.2) is 0 Å². The third-order valence-corrected chi connectivity index (χ3v) is 3.08. The number of hydrogen-bond acceptors (Lipinski definition) is 4. The summed E-state index contributed by atoms with van der Waals surface area (Å²) in [5.74, 6) is -0.425. The topological polar surface area (TPSA) is 95.7 Å². The maximum absolute atomic E-state index is 11.9. The molecule has 0 aromatic carbocycles. The zero-order chi connectivity index (χ0) is 13.7. The van der Waals surface area contributed by atoms with E-state index in [2.05, 4.69) is 5.32 Å². The van der Waals surface area contributed by atoms with E-state index >= 15 is 0 Å². The van der Waals surface area contributed by atoms with Gasteiger partial charge in [-0.25, -0.2) is 0 Å². The average Bonchev–Trinajstić information content (AvgIpc) is 3.15. The molecule has 0 aromatic rings. The second-order valence-corrected chi connectivity index (χ2v) is 5.03. The number of carbonyl (C=O) groups excluding carboxylic acids is 2. The fourth-order valence-corrected chi connectivity index (χ4v) is 1.69. The zero-order valence-electron chi connectivity index (χ0n) is 11.1. The first-order valence-corrected chi connectivity index (χ1v) is 6.41. The minimum Gasteiger partial charge on any atom is -0.395 e. The van der Waals surface area contributed by atoms with Crippen molar-refractivity contribution in [3.05, 3.63) is 0 Å². The highest BCUT2D eigenvalue weighted by Gasteiger charge is 2.32. The molecule has 1 fully saturated rings. The van der Waals surface area contributed by atoms with E-state index in [-0.39, 0.29) is 36.9 Å². The van der Waals surface area contributed by atoms with E-state index in [0.717, 1.165) is 12.8 Å². The van der Waals surface area contributed by atoms with Gasteiger partial charge in [0.25, 0.3) is 0 Å². The van der Waals surface area contributed by atoms with Gasteiger partial charge in [0.15, 0.2) is 0 Å². The predicted molar refractivity (Wildman–Crippen MR) is 67.6 cm³/mol. The lowest BCUT2D eigenvalue weighted by Gasteiger charge is -2.22. The van der Waals surface area contributed by atoms with Crippen LogP contribution in [-0.4, -0.2) is 53.6 Å². The summed E-state index contributed by atoms with van der Waals surface area (Å²) in [4.78, 5) is 25.1. The summed E-state index contributed by atoms with van der Waals surface area (Å²) in [7, 11) is 0. The summed E-state index contributed by atoms with van der Waals surface area (Å²) in [5, 5.41) is 11.4. The van der Waals surface area contributed by atoms with Crippen molar-refractivity contribution >= 4 is 11.8 Å². The van der Waals surface area contributed by atoms with Crippen molar-refractivity contribution in [3.63, 3.8) is 0 Å². The first kappa shape index (κ1) is 14.9. The molecule has 1 atom stereocenters. The van der Waals surface area contributed by atoms with Gasteiger partial charge in [0, 0.05) is 12.6 Å². The third-order valence-electron chi connectivity index (χ3n) is 3.08. The van der Waals surface area contributed by atoms with E-state index in [0.29, 0.717) is 6.54 Å². The number of rotatable bonds is 7. The van der Waals surface area contributed by atoms with Gasteiger partial charge in [-0.1, -0.05) is 13.8 Å². The van der Waals surface area contributed by atoms with Crippen LogP contribution in [0.4, 0.5) is 0 Å². The number of amides is 2. The Balaban J connectivity index is 2.37. The first-order valence-electron chi connectivity index (χ1n) is 6.41. The van der Waals surface area contributed by atoms with Crippen LogP contribution in [0.1, 0.15) is 26.7 Å². The van der Waals surface area contributed by atoms with Crippen LogP contribution in [-0.2, 0) is 9.59 Å². The average molecular weight is 257 g/mol. The second kappa shape index (κ2) is 6.70. The molecule has 0 spiro atoms. The van der Waals surface area contributed by atoms with Crippen LogP contribution in [0.25, 0.3) is 0 Å². The van der Waals surface area contributed by atoms with Gasteiger partial charge in [-0.3, -0.25) is 9.59 Å². The highest BCUT2D eigenvalue weighted by atomic mass is 16.3. The van der Waals surface area contributed by atoms with Crippen molar-refractivity contribution in [2.24, 2.45) is 11.7 Å². The number of nitrogens with one attached hydrogen (secondary N) is 1. The maximum atomic E-state index is 11.9. The number of carbonyl (C=O) groups is 2. The molecule has 104 valence electrons.